The van der Waals surface area contributed by atoms with Crippen LogP contribution in [0.3, 0.4) is 0 Å². The Morgan fingerprint density at radius 2 is 1.65 bits per heavy atom. The van der Waals surface area contributed by atoms with Gasteiger partial charge in [0.2, 0.25) is 0 Å². The molecule has 0 heterocycles. The third-order valence-electron chi connectivity index (χ3n) is 4.64. The highest BCUT2D eigenvalue weighted by Crippen LogP contribution is 2.24. The van der Waals surface area contributed by atoms with Crippen LogP contribution >= 0.6 is 11.8 Å². The van der Waals surface area contributed by atoms with Crippen LogP contribution in [0.5, 0.6) is 0 Å². The summed E-state index contributed by atoms with van der Waals surface area (Å²) in [6.45, 7) is 3.28. The third kappa shape index (κ3) is 5.33. The summed E-state index contributed by atoms with van der Waals surface area (Å²) < 4.78 is 12.9. The maximum Gasteiger partial charge on any atom is 0.123 e. The summed E-state index contributed by atoms with van der Waals surface area (Å²) in [6.07, 6.45) is 3.58. The SMILES string of the molecule is C[C@@H](NCCCCCSc1ccc(F)cc1)c1cccc2ccccc12. The van der Waals surface area contributed by atoms with Crippen molar-refractivity contribution in [3.8, 4) is 0 Å². The number of hydrogen-bond acceptors (Lipinski definition) is 2. The van der Waals surface area contributed by atoms with Crippen LogP contribution in [-0.2, 0) is 0 Å². The lowest BCUT2D eigenvalue weighted by atomic mass is 9.99. The van der Waals surface area contributed by atoms with Crippen LogP contribution in [0, 0.1) is 5.82 Å². The molecule has 3 rings (SSSR count). The molecule has 0 fully saturated rings. The summed E-state index contributed by atoms with van der Waals surface area (Å²) in [4.78, 5) is 1.15. The molecule has 3 heteroatoms. The number of unbranched alkanes of at least 4 members (excludes halogenated alkanes) is 2. The van der Waals surface area contributed by atoms with Gasteiger partial charge in [-0.1, -0.05) is 48.9 Å². The Bertz CT molecular complexity index is 811. The molecule has 0 aliphatic heterocycles. The van der Waals surface area contributed by atoms with Gasteiger partial charge in [-0.3, -0.25) is 0 Å². The highest BCUT2D eigenvalue weighted by atomic mass is 32.2. The van der Waals surface area contributed by atoms with E-state index in [1.165, 1.54) is 47.7 Å². The monoisotopic (exact) mass is 367 g/mol. The standard InChI is InChI=1S/C23H26FNS/c1-18(22-11-7-9-19-8-3-4-10-23(19)22)25-16-5-2-6-17-26-21-14-12-20(24)13-15-21/h3-4,7-15,18,25H,2,5-6,16-17H2,1H3/t18-/m1/s1. The van der Waals surface area contributed by atoms with E-state index in [2.05, 4.69) is 54.7 Å². The number of rotatable bonds is 9. The molecule has 136 valence electrons. The van der Waals surface area contributed by atoms with Crippen molar-refractivity contribution in [1.29, 1.82) is 0 Å². The Morgan fingerprint density at radius 1 is 0.885 bits per heavy atom. The van der Waals surface area contributed by atoms with Gasteiger partial charge in [-0.05, 0) is 72.7 Å². The van der Waals surface area contributed by atoms with Crippen LogP contribution in [0.2, 0.25) is 0 Å². The highest BCUT2D eigenvalue weighted by Gasteiger charge is 2.08. The number of fused-ring (bicyclic) bond motifs is 1. The van der Waals surface area contributed by atoms with Crippen molar-refractivity contribution in [3.05, 3.63) is 78.1 Å². The second-order valence-corrected chi connectivity index (χ2v) is 7.78. The second-order valence-electron chi connectivity index (χ2n) is 6.61. The second kappa shape index (κ2) is 9.75. The molecule has 0 saturated carbocycles. The maximum atomic E-state index is 12.9. The number of halogens is 1. The molecule has 0 radical (unpaired) electrons. The fraction of sp³-hybridized carbons (Fsp3) is 0.304. The summed E-state index contributed by atoms with van der Waals surface area (Å²) in [6, 6.07) is 22.2. The normalized spacial score (nSPS) is 12.4. The molecule has 0 unspecified atom stereocenters. The van der Waals surface area contributed by atoms with Crippen LogP contribution in [0.1, 0.15) is 37.8 Å². The van der Waals surface area contributed by atoms with E-state index in [0.717, 1.165) is 17.2 Å². The van der Waals surface area contributed by atoms with Gasteiger partial charge in [-0.25, -0.2) is 4.39 Å². The first-order valence-corrected chi connectivity index (χ1v) is 10.3. The first kappa shape index (κ1) is 18.9. The van der Waals surface area contributed by atoms with E-state index < -0.39 is 0 Å². The molecule has 0 aromatic heterocycles. The summed E-state index contributed by atoms with van der Waals surface area (Å²) in [5.41, 5.74) is 1.37. The first-order chi connectivity index (χ1) is 12.7. The van der Waals surface area contributed by atoms with Gasteiger partial charge in [0.05, 0.1) is 0 Å². The minimum atomic E-state index is -0.166. The lowest BCUT2D eigenvalue weighted by molar-refractivity contribution is 0.547. The Balaban J connectivity index is 1.36. The van der Waals surface area contributed by atoms with Gasteiger partial charge < -0.3 is 5.32 Å². The van der Waals surface area contributed by atoms with Gasteiger partial charge >= 0.3 is 0 Å². The van der Waals surface area contributed by atoms with Crippen molar-refractivity contribution in [3.63, 3.8) is 0 Å². The van der Waals surface area contributed by atoms with Crippen LogP contribution in [0.25, 0.3) is 10.8 Å². The lowest BCUT2D eigenvalue weighted by Crippen LogP contribution is -2.20. The molecular weight excluding hydrogens is 341 g/mol. The van der Waals surface area contributed by atoms with E-state index >= 15 is 0 Å². The topological polar surface area (TPSA) is 12.0 Å². The largest absolute Gasteiger partial charge is 0.310 e. The van der Waals surface area contributed by atoms with E-state index in [9.17, 15) is 4.39 Å². The minimum Gasteiger partial charge on any atom is -0.310 e. The molecule has 1 atom stereocenters. The van der Waals surface area contributed by atoms with Gasteiger partial charge in [0, 0.05) is 10.9 Å². The van der Waals surface area contributed by atoms with Crippen molar-refractivity contribution in [2.75, 3.05) is 12.3 Å². The smallest absolute Gasteiger partial charge is 0.123 e. The first-order valence-electron chi connectivity index (χ1n) is 9.33. The molecule has 0 bridgehead atoms. The summed E-state index contributed by atoms with van der Waals surface area (Å²) in [5, 5.41) is 6.30. The molecule has 3 aromatic carbocycles. The van der Waals surface area contributed by atoms with Gasteiger partial charge in [0.25, 0.3) is 0 Å². The molecule has 26 heavy (non-hydrogen) atoms. The molecule has 0 amide bonds. The quantitative estimate of drug-likeness (QED) is 0.338. The molecule has 0 saturated heterocycles. The lowest BCUT2D eigenvalue weighted by Gasteiger charge is -2.16. The average Bonchev–Trinajstić information content (AvgIpc) is 2.68. The fourth-order valence-corrected chi connectivity index (χ4v) is 4.09. The van der Waals surface area contributed by atoms with E-state index in [1.807, 2.05) is 12.1 Å². The molecule has 1 N–H and O–H groups in total. The highest BCUT2D eigenvalue weighted by molar-refractivity contribution is 7.99. The number of benzene rings is 3. The zero-order valence-electron chi connectivity index (χ0n) is 15.2. The fourth-order valence-electron chi connectivity index (χ4n) is 3.18. The predicted molar refractivity (Wildman–Crippen MR) is 111 cm³/mol. The van der Waals surface area contributed by atoms with Crippen molar-refractivity contribution >= 4 is 22.5 Å². The third-order valence-corrected chi connectivity index (χ3v) is 5.74. The Hall–Kier alpha value is -1.84. The van der Waals surface area contributed by atoms with Crippen LogP contribution < -0.4 is 5.32 Å². The average molecular weight is 368 g/mol. The molecule has 1 nitrogen and oxygen atoms in total. The molecule has 0 aliphatic rings. The van der Waals surface area contributed by atoms with Crippen LogP contribution in [0.4, 0.5) is 4.39 Å². The van der Waals surface area contributed by atoms with E-state index in [4.69, 9.17) is 0 Å². The number of thioether (sulfide) groups is 1. The predicted octanol–water partition coefficient (Wildman–Crippen LogP) is 6.59. The van der Waals surface area contributed by atoms with Crippen LogP contribution in [-0.4, -0.2) is 12.3 Å². The maximum absolute atomic E-state index is 12.9. The van der Waals surface area contributed by atoms with Crippen molar-refractivity contribution < 1.29 is 4.39 Å². The van der Waals surface area contributed by atoms with Gasteiger partial charge in [0.15, 0.2) is 0 Å². The van der Waals surface area contributed by atoms with E-state index in [1.54, 1.807) is 11.8 Å². The van der Waals surface area contributed by atoms with Gasteiger partial charge in [-0.2, -0.15) is 0 Å². The van der Waals surface area contributed by atoms with E-state index in [0.29, 0.717) is 6.04 Å². The Morgan fingerprint density at radius 3 is 2.50 bits per heavy atom. The van der Waals surface area contributed by atoms with Crippen molar-refractivity contribution in [1.82, 2.24) is 5.32 Å². The zero-order valence-corrected chi connectivity index (χ0v) is 16.1. The van der Waals surface area contributed by atoms with Crippen molar-refractivity contribution in [2.24, 2.45) is 0 Å². The van der Waals surface area contributed by atoms with Gasteiger partial charge in [0.1, 0.15) is 5.82 Å². The summed E-state index contributed by atoms with van der Waals surface area (Å²) >= 11 is 1.80. The molecular formula is C23H26FNS. The number of hydrogen-bond donors (Lipinski definition) is 1. The molecule has 0 aliphatic carbocycles. The van der Waals surface area contributed by atoms with Crippen LogP contribution in [0.15, 0.2) is 71.6 Å². The number of nitrogens with one attached hydrogen (secondary N) is 1. The molecule has 3 aromatic rings. The molecule has 0 spiro atoms. The Labute approximate surface area is 160 Å². The minimum absolute atomic E-state index is 0.166. The van der Waals surface area contributed by atoms with E-state index in [-0.39, 0.29) is 5.82 Å². The summed E-state index contributed by atoms with van der Waals surface area (Å²) in [7, 11) is 0. The Kier molecular flexibility index (Phi) is 7.10. The zero-order chi connectivity index (χ0) is 18.2. The van der Waals surface area contributed by atoms with Gasteiger partial charge in [-0.15, -0.1) is 11.8 Å². The summed E-state index contributed by atoms with van der Waals surface area (Å²) in [5.74, 6) is 0.922. The van der Waals surface area contributed by atoms with Crippen molar-refractivity contribution in [2.45, 2.75) is 37.1 Å².